The molecule has 0 aromatic heterocycles. The number of hydrogen-bond acceptors (Lipinski definition) is 3. The quantitative estimate of drug-likeness (QED) is 0.780. The Morgan fingerprint density at radius 1 is 1.54 bits per heavy atom. The van der Waals surface area contributed by atoms with Crippen molar-refractivity contribution in [3.8, 4) is 0 Å². The van der Waals surface area contributed by atoms with Gasteiger partial charge in [0.2, 0.25) is 0 Å². The summed E-state index contributed by atoms with van der Waals surface area (Å²) in [6.45, 7) is 0. The van der Waals surface area contributed by atoms with E-state index in [1.807, 2.05) is 24.3 Å². The molecule has 0 amide bonds. The van der Waals surface area contributed by atoms with Gasteiger partial charge in [-0.1, -0.05) is 28.1 Å². The van der Waals surface area contributed by atoms with Gasteiger partial charge in [-0.15, -0.1) is 0 Å². The predicted molar refractivity (Wildman–Crippen MR) is 56.4 cm³/mol. The van der Waals surface area contributed by atoms with E-state index in [-0.39, 0.29) is 6.17 Å². The highest BCUT2D eigenvalue weighted by Crippen LogP contribution is 2.15. The van der Waals surface area contributed by atoms with Gasteiger partial charge in [0, 0.05) is 10.9 Å². The van der Waals surface area contributed by atoms with Crippen molar-refractivity contribution >= 4 is 21.6 Å². The normalized spacial score (nSPS) is 21.1. The second kappa shape index (κ2) is 3.47. The van der Waals surface area contributed by atoms with Gasteiger partial charge < -0.3 is 5.73 Å². The summed E-state index contributed by atoms with van der Waals surface area (Å²) in [5.41, 5.74) is 10.6. The fraction of sp³-hybridized carbons (Fsp3) is 0.222. The number of halogens is 1. The first-order valence-electron chi connectivity index (χ1n) is 4.09. The summed E-state index contributed by atoms with van der Waals surface area (Å²) < 4.78 is 1.06. The SMILES string of the molecule is NC1CC(c2cccc(Br)c2)=NN1. The molecule has 13 heavy (non-hydrogen) atoms. The molecular formula is C9H10BrN3. The number of hydrogen-bond donors (Lipinski definition) is 2. The zero-order valence-corrected chi connectivity index (χ0v) is 8.58. The van der Waals surface area contributed by atoms with Crippen molar-refractivity contribution in [1.82, 2.24) is 5.43 Å². The lowest BCUT2D eigenvalue weighted by atomic mass is 10.1. The Morgan fingerprint density at radius 2 is 2.38 bits per heavy atom. The van der Waals surface area contributed by atoms with Crippen LogP contribution in [0.15, 0.2) is 33.8 Å². The molecule has 3 N–H and O–H groups in total. The molecule has 0 spiro atoms. The average Bonchev–Trinajstić information content (AvgIpc) is 2.52. The highest BCUT2D eigenvalue weighted by Gasteiger charge is 2.15. The van der Waals surface area contributed by atoms with Crippen molar-refractivity contribution in [2.75, 3.05) is 0 Å². The van der Waals surface area contributed by atoms with Crippen molar-refractivity contribution in [3.05, 3.63) is 34.3 Å². The van der Waals surface area contributed by atoms with Crippen LogP contribution in [0.1, 0.15) is 12.0 Å². The maximum absolute atomic E-state index is 5.66. The van der Waals surface area contributed by atoms with Gasteiger partial charge in [-0.05, 0) is 17.7 Å². The van der Waals surface area contributed by atoms with Gasteiger partial charge in [0.15, 0.2) is 0 Å². The number of nitrogens with two attached hydrogens (primary N) is 1. The van der Waals surface area contributed by atoms with E-state index in [0.29, 0.717) is 0 Å². The second-order valence-corrected chi connectivity index (χ2v) is 3.92. The highest BCUT2D eigenvalue weighted by atomic mass is 79.9. The summed E-state index contributed by atoms with van der Waals surface area (Å²) in [4.78, 5) is 0. The van der Waals surface area contributed by atoms with Crippen molar-refractivity contribution in [3.63, 3.8) is 0 Å². The van der Waals surface area contributed by atoms with Gasteiger partial charge in [0.1, 0.15) is 0 Å². The van der Waals surface area contributed by atoms with E-state index in [0.717, 1.165) is 22.2 Å². The summed E-state index contributed by atoms with van der Waals surface area (Å²) in [5.74, 6) is 0. The van der Waals surface area contributed by atoms with Gasteiger partial charge in [0.25, 0.3) is 0 Å². The van der Waals surface area contributed by atoms with E-state index in [2.05, 4.69) is 26.5 Å². The summed E-state index contributed by atoms with van der Waals surface area (Å²) in [6, 6.07) is 8.06. The van der Waals surface area contributed by atoms with E-state index < -0.39 is 0 Å². The van der Waals surface area contributed by atoms with E-state index in [1.165, 1.54) is 0 Å². The standard InChI is InChI=1S/C9H10BrN3/c10-7-3-1-2-6(4-7)8-5-9(11)13-12-8/h1-4,9,13H,5,11H2. The summed E-state index contributed by atoms with van der Waals surface area (Å²) in [7, 11) is 0. The van der Waals surface area contributed by atoms with Gasteiger partial charge in [-0.3, -0.25) is 5.43 Å². The second-order valence-electron chi connectivity index (χ2n) is 3.01. The van der Waals surface area contributed by atoms with Crippen LogP contribution in [0.5, 0.6) is 0 Å². The molecule has 0 saturated heterocycles. The fourth-order valence-corrected chi connectivity index (χ4v) is 1.71. The number of hydrazone groups is 1. The minimum absolute atomic E-state index is 0.0334. The molecule has 1 atom stereocenters. The molecule has 4 heteroatoms. The zero-order valence-electron chi connectivity index (χ0n) is 7.00. The number of benzene rings is 1. The molecule has 2 rings (SSSR count). The third kappa shape index (κ3) is 1.89. The zero-order chi connectivity index (χ0) is 9.26. The molecule has 1 aromatic rings. The van der Waals surface area contributed by atoms with Crippen molar-refractivity contribution in [2.24, 2.45) is 10.8 Å². The van der Waals surface area contributed by atoms with Crippen LogP contribution < -0.4 is 11.2 Å². The van der Waals surface area contributed by atoms with Crippen LogP contribution in [0.4, 0.5) is 0 Å². The van der Waals surface area contributed by atoms with Gasteiger partial charge in [-0.25, -0.2) is 0 Å². The van der Waals surface area contributed by atoms with Crippen molar-refractivity contribution in [1.29, 1.82) is 0 Å². The monoisotopic (exact) mass is 239 g/mol. The Hall–Kier alpha value is -0.870. The Kier molecular flexibility index (Phi) is 2.33. The van der Waals surface area contributed by atoms with Crippen LogP contribution in [0.2, 0.25) is 0 Å². The predicted octanol–water partition coefficient (Wildman–Crippen LogP) is 1.43. The topological polar surface area (TPSA) is 50.4 Å². The smallest absolute Gasteiger partial charge is 0.0965 e. The molecule has 0 radical (unpaired) electrons. The number of nitrogens with zero attached hydrogens (tertiary/aromatic N) is 1. The molecule has 1 heterocycles. The lowest BCUT2D eigenvalue weighted by Crippen LogP contribution is -2.29. The fourth-order valence-electron chi connectivity index (χ4n) is 1.31. The molecule has 1 aliphatic heterocycles. The number of rotatable bonds is 1. The molecule has 1 aliphatic rings. The van der Waals surface area contributed by atoms with Crippen LogP contribution >= 0.6 is 15.9 Å². The Balaban J connectivity index is 2.26. The molecule has 3 nitrogen and oxygen atoms in total. The van der Waals surface area contributed by atoms with Gasteiger partial charge >= 0.3 is 0 Å². The molecule has 0 bridgehead atoms. The van der Waals surface area contributed by atoms with Crippen LogP contribution in [0, 0.1) is 0 Å². The first-order chi connectivity index (χ1) is 6.25. The molecular weight excluding hydrogens is 230 g/mol. The molecule has 68 valence electrons. The first kappa shape index (κ1) is 8.72. The highest BCUT2D eigenvalue weighted by molar-refractivity contribution is 9.10. The van der Waals surface area contributed by atoms with Gasteiger partial charge in [-0.2, -0.15) is 5.10 Å². The van der Waals surface area contributed by atoms with E-state index in [4.69, 9.17) is 5.73 Å². The van der Waals surface area contributed by atoms with Crippen LogP contribution in [-0.4, -0.2) is 11.9 Å². The maximum atomic E-state index is 5.66. The summed E-state index contributed by atoms with van der Waals surface area (Å²) in [6.07, 6.45) is 0.755. The Labute approximate surface area is 85.1 Å². The summed E-state index contributed by atoms with van der Waals surface area (Å²) >= 11 is 3.42. The van der Waals surface area contributed by atoms with E-state index >= 15 is 0 Å². The third-order valence-corrected chi connectivity index (χ3v) is 2.43. The Morgan fingerprint density at radius 3 is 3.00 bits per heavy atom. The van der Waals surface area contributed by atoms with E-state index in [9.17, 15) is 0 Å². The largest absolute Gasteiger partial charge is 0.310 e. The van der Waals surface area contributed by atoms with Crippen LogP contribution in [0.3, 0.4) is 0 Å². The maximum Gasteiger partial charge on any atom is 0.0965 e. The first-order valence-corrected chi connectivity index (χ1v) is 4.88. The molecule has 0 saturated carbocycles. The van der Waals surface area contributed by atoms with Crippen LogP contribution in [-0.2, 0) is 0 Å². The lowest BCUT2D eigenvalue weighted by molar-refractivity contribution is 0.609. The van der Waals surface area contributed by atoms with E-state index in [1.54, 1.807) is 0 Å². The minimum atomic E-state index is -0.0334. The van der Waals surface area contributed by atoms with Crippen LogP contribution in [0.25, 0.3) is 0 Å². The molecule has 0 fully saturated rings. The third-order valence-electron chi connectivity index (χ3n) is 1.94. The van der Waals surface area contributed by atoms with Crippen molar-refractivity contribution in [2.45, 2.75) is 12.6 Å². The summed E-state index contributed by atoms with van der Waals surface area (Å²) in [5, 5.41) is 4.15. The average molecular weight is 240 g/mol. The number of nitrogens with one attached hydrogen (secondary N) is 1. The lowest BCUT2D eigenvalue weighted by Gasteiger charge is -2.00. The van der Waals surface area contributed by atoms with Crippen molar-refractivity contribution < 1.29 is 0 Å². The molecule has 0 aliphatic carbocycles. The minimum Gasteiger partial charge on any atom is -0.310 e. The molecule has 1 unspecified atom stereocenters. The van der Waals surface area contributed by atoms with Gasteiger partial charge in [0.05, 0.1) is 11.9 Å². The molecule has 1 aromatic carbocycles. The Bertz CT molecular complexity index is 348.